The van der Waals surface area contributed by atoms with Crippen molar-refractivity contribution in [2.24, 2.45) is 0 Å². The zero-order chi connectivity index (χ0) is 20.7. The average Bonchev–Trinajstić information content (AvgIpc) is 2.68. The van der Waals surface area contributed by atoms with Gasteiger partial charge in [-0.05, 0) is 0 Å². The number of aliphatic hydroxyl groups is 10. The van der Waals surface area contributed by atoms with E-state index in [9.17, 15) is 35.7 Å². The van der Waals surface area contributed by atoms with Gasteiger partial charge < -0.3 is 65.3 Å². The van der Waals surface area contributed by atoms with E-state index in [1.54, 1.807) is 0 Å². The van der Waals surface area contributed by atoms with Gasteiger partial charge in [0.1, 0.15) is 48.8 Å². The first-order valence-electron chi connectivity index (χ1n) is 8.21. The zero-order valence-electron chi connectivity index (χ0n) is 14.3. The summed E-state index contributed by atoms with van der Waals surface area (Å²) in [6.07, 6.45) is -15.6. The van der Waals surface area contributed by atoms with Crippen LogP contribution in [0.4, 0.5) is 0 Å². The van der Waals surface area contributed by atoms with E-state index in [-0.39, 0.29) is 13.2 Å². The van der Waals surface area contributed by atoms with Crippen molar-refractivity contribution in [3.05, 3.63) is 0 Å². The van der Waals surface area contributed by atoms with Gasteiger partial charge in [-0.15, -0.1) is 0 Å². The van der Waals surface area contributed by atoms with Gasteiger partial charge in [0.05, 0.1) is 26.4 Å². The van der Waals surface area contributed by atoms with Gasteiger partial charge >= 0.3 is 0 Å². The summed E-state index contributed by atoms with van der Waals surface area (Å²) in [5, 5.41) is 91.7. The summed E-state index contributed by atoms with van der Waals surface area (Å²) in [7, 11) is 0. The summed E-state index contributed by atoms with van der Waals surface area (Å²) < 4.78 is 15.3. The van der Waals surface area contributed by atoms with Crippen molar-refractivity contribution in [2.45, 2.75) is 61.4 Å². The van der Waals surface area contributed by atoms with E-state index < -0.39 is 74.6 Å². The molecule has 0 bridgehead atoms. The van der Waals surface area contributed by atoms with Crippen molar-refractivity contribution in [2.75, 3.05) is 26.4 Å². The summed E-state index contributed by atoms with van der Waals surface area (Å²) in [4.78, 5) is 0. The first kappa shape index (κ1) is 24.5. The maximum atomic E-state index is 9.94. The molecule has 1 unspecified atom stereocenters. The number of hydrogen-bond donors (Lipinski definition) is 10. The Morgan fingerprint density at radius 3 is 1.63 bits per heavy atom. The highest BCUT2D eigenvalue weighted by atomic mass is 16.7. The molecule has 0 amide bonds. The highest BCUT2D eigenvalue weighted by Crippen LogP contribution is 2.28. The van der Waals surface area contributed by atoms with E-state index in [2.05, 4.69) is 0 Å². The van der Waals surface area contributed by atoms with Gasteiger partial charge in [0.25, 0.3) is 0 Å². The third-order valence-electron chi connectivity index (χ3n) is 4.08. The molecule has 0 saturated carbocycles. The molecule has 27 heavy (non-hydrogen) atoms. The van der Waals surface area contributed by atoms with Crippen LogP contribution in [0, 0.1) is 0 Å². The molecular formula is C14H28O13. The lowest BCUT2D eigenvalue weighted by Crippen LogP contribution is -2.64. The summed E-state index contributed by atoms with van der Waals surface area (Å²) in [6, 6.07) is 0. The number of aliphatic hydroxyl groups excluding tert-OH is 10. The quantitative estimate of drug-likeness (QED) is 0.206. The molecule has 0 aromatic heterocycles. The molecule has 2 fully saturated rings. The Kier molecular flexibility index (Phi) is 10.4. The largest absolute Gasteiger partial charge is 0.394 e. The molecule has 13 nitrogen and oxygen atoms in total. The van der Waals surface area contributed by atoms with Gasteiger partial charge in [-0.3, -0.25) is 0 Å². The smallest absolute Gasteiger partial charge is 0.187 e. The topological polar surface area (TPSA) is 230 Å². The molecule has 0 radical (unpaired) electrons. The fraction of sp³-hybridized carbons (Fsp3) is 1.00. The molecule has 0 aliphatic carbocycles. The van der Waals surface area contributed by atoms with Crippen molar-refractivity contribution in [3.8, 4) is 0 Å². The molecule has 2 aliphatic heterocycles. The predicted molar refractivity (Wildman–Crippen MR) is 82.8 cm³/mol. The molecule has 10 N–H and O–H groups in total. The van der Waals surface area contributed by atoms with Gasteiger partial charge in [0.2, 0.25) is 0 Å². The molecule has 13 heteroatoms. The Morgan fingerprint density at radius 2 is 1.15 bits per heavy atom. The van der Waals surface area contributed by atoms with Gasteiger partial charge in [0, 0.05) is 0 Å². The van der Waals surface area contributed by atoms with Crippen LogP contribution in [0.5, 0.6) is 0 Å². The van der Waals surface area contributed by atoms with Crippen LogP contribution in [0.15, 0.2) is 0 Å². The summed E-state index contributed by atoms with van der Waals surface area (Å²) >= 11 is 0. The van der Waals surface area contributed by atoms with E-state index in [1.165, 1.54) is 0 Å². The van der Waals surface area contributed by atoms with Crippen LogP contribution in [0.1, 0.15) is 0 Å². The SMILES string of the molecule is OCCO.OC[C@H]1O[C@@H](O[C@H]2[C@H](O)[C@@H](O)C(O)O[C@@H]2CO)[C@H](O)[C@@H](O)[C@H]1O. The summed E-state index contributed by atoms with van der Waals surface area (Å²) in [6.45, 7) is -1.60. The first-order chi connectivity index (χ1) is 12.7. The Bertz CT molecular complexity index is 406. The van der Waals surface area contributed by atoms with Crippen molar-refractivity contribution in [1.29, 1.82) is 0 Å². The molecule has 2 aliphatic rings. The maximum absolute atomic E-state index is 9.94. The maximum Gasteiger partial charge on any atom is 0.187 e. The highest BCUT2D eigenvalue weighted by Gasteiger charge is 2.50. The Balaban J connectivity index is 0.000000828. The normalized spacial score (nSPS) is 45.1. The van der Waals surface area contributed by atoms with Crippen LogP contribution >= 0.6 is 0 Å². The lowest BCUT2D eigenvalue weighted by Gasteiger charge is -2.45. The highest BCUT2D eigenvalue weighted by molar-refractivity contribution is 4.93. The second kappa shape index (κ2) is 11.5. The van der Waals surface area contributed by atoms with Gasteiger partial charge in [-0.1, -0.05) is 0 Å². The molecule has 0 aromatic rings. The Labute approximate surface area is 154 Å². The monoisotopic (exact) mass is 404 g/mol. The lowest BCUT2D eigenvalue weighted by atomic mass is 9.97. The fourth-order valence-corrected chi connectivity index (χ4v) is 2.57. The second-order valence-electron chi connectivity index (χ2n) is 5.97. The number of hydrogen-bond acceptors (Lipinski definition) is 13. The van der Waals surface area contributed by atoms with Crippen molar-refractivity contribution in [3.63, 3.8) is 0 Å². The van der Waals surface area contributed by atoms with Crippen LogP contribution in [-0.2, 0) is 14.2 Å². The van der Waals surface area contributed by atoms with E-state index in [0.717, 1.165) is 0 Å². The molecule has 0 spiro atoms. The van der Waals surface area contributed by atoms with Gasteiger partial charge in [0.15, 0.2) is 12.6 Å². The summed E-state index contributed by atoms with van der Waals surface area (Å²) in [5.74, 6) is 0. The van der Waals surface area contributed by atoms with Crippen LogP contribution in [0.2, 0.25) is 0 Å². The molecule has 2 rings (SSSR count). The molecule has 0 aromatic carbocycles. The molecule has 2 heterocycles. The molecule has 162 valence electrons. The van der Waals surface area contributed by atoms with Crippen molar-refractivity contribution >= 4 is 0 Å². The zero-order valence-corrected chi connectivity index (χ0v) is 14.3. The second-order valence-corrected chi connectivity index (χ2v) is 5.97. The van der Waals surface area contributed by atoms with E-state index >= 15 is 0 Å². The van der Waals surface area contributed by atoms with Gasteiger partial charge in [-0.2, -0.15) is 0 Å². The van der Waals surface area contributed by atoms with Crippen LogP contribution in [0.25, 0.3) is 0 Å². The minimum atomic E-state index is -1.74. The fourth-order valence-electron chi connectivity index (χ4n) is 2.57. The molecular weight excluding hydrogens is 376 g/mol. The first-order valence-corrected chi connectivity index (χ1v) is 8.21. The summed E-state index contributed by atoms with van der Waals surface area (Å²) in [5.41, 5.74) is 0. The number of ether oxygens (including phenoxy) is 3. The Hall–Kier alpha value is -0.520. The minimum absolute atomic E-state index is 0.125. The standard InChI is InChI=1S/C12H22O11.C2H6O2/c13-1-3-5(15)6(16)9(19)12(22-3)23-10-4(2-14)21-11(20)8(18)7(10)17;3-1-2-4/h3-20H,1-2H2;3-4H,1-2H2/t3-,4-,5+,6+,7-,8-,9-,10-,11?,12+;/m1./s1. The lowest BCUT2D eigenvalue weighted by molar-refractivity contribution is -0.355. The minimum Gasteiger partial charge on any atom is -0.394 e. The third-order valence-corrected chi connectivity index (χ3v) is 4.08. The number of rotatable bonds is 5. The predicted octanol–water partition coefficient (Wildman–Crippen LogP) is -6.43. The van der Waals surface area contributed by atoms with Crippen LogP contribution < -0.4 is 0 Å². The van der Waals surface area contributed by atoms with E-state index in [0.29, 0.717) is 0 Å². The van der Waals surface area contributed by atoms with E-state index in [4.69, 9.17) is 29.5 Å². The third kappa shape index (κ3) is 5.98. The van der Waals surface area contributed by atoms with Crippen LogP contribution in [0.3, 0.4) is 0 Å². The van der Waals surface area contributed by atoms with Crippen LogP contribution in [-0.4, -0.2) is 139 Å². The molecule has 10 atom stereocenters. The van der Waals surface area contributed by atoms with E-state index in [1.807, 2.05) is 0 Å². The molecule has 2 saturated heterocycles. The van der Waals surface area contributed by atoms with Crippen molar-refractivity contribution in [1.82, 2.24) is 0 Å². The van der Waals surface area contributed by atoms with Gasteiger partial charge in [-0.25, -0.2) is 0 Å². The Morgan fingerprint density at radius 1 is 0.593 bits per heavy atom. The van der Waals surface area contributed by atoms with Crippen molar-refractivity contribution < 1.29 is 65.3 Å². The average molecular weight is 404 g/mol.